The molecule has 1 fully saturated rings. The number of piperazine rings is 1. The summed E-state index contributed by atoms with van der Waals surface area (Å²) < 4.78 is 4.99. The van der Waals surface area contributed by atoms with Crippen molar-refractivity contribution in [2.24, 2.45) is 0 Å². The summed E-state index contributed by atoms with van der Waals surface area (Å²) in [6.45, 7) is 9.38. The molecule has 0 N–H and O–H groups in total. The van der Waals surface area contributed by atoms with Gasteiger partial charge in [0.25, 0.3) is 0 Å². The van der Waals surface area contributed by atoms with Crippen LogP contribution in [0, 0.1) is 0 Å². The summed E-state index contributed by atoms with van der Waals surface area (Å²) in [5.41, 5.74) is 0. The largest absolute Gasteiger partial charge is 0.383 e. The van der Waals surface area contributed by atoms with Crippen molar-refractivity contribution in [2.75, 3.05) is 33.4 Å². The zero-order valence-corrected chi connectivity index (χ0v) is 10.2. The number of methoxy groups -OCH3 is 1. The maximum Gasteiger partial charge on any atom is 0.239 e. The third kappa shape index (κ3) is 2.92. The quantitative estimate of drug-likeness (QED) is 0.686. The number of amides is 1. The number of hydrogen-bond acceptors (Lipinski definition) is 3. The lowest BCUT2D eigenvalue weighted by atomic mass is 10.1. The minimum absolute atomic E-state index is 0.00982. The Hall–Kier alpha value is -0.610. The van der Waals surface area contributed by atoms with Gasteiger partial charge in [0.2, 0.25) is 5.91 Å². The molecule has 0 radical (unpaired) electrons. The first-order valence-electron chi connectivity index (χ1n) is 5.61. The second-order valence-electron chi connectivity index (χ2n) is 4.33. The SMILES string of the molecule is COCCN1CCN(C(C)C)C(C)C1=O. The van der Waals surface area contributed by atoms with E-state index < -0.39 is 0 Å². The number of rotatable bonds is 4. The average Bonchev–Trinajstić information content (AvgIpc) is 2.20. The van der Waals surface area contributed by atoms with Gasteiger partial charge in [-0.2, -0.15) is 0 Å². The molecular formula is C11H22N2O2. The van der Waals surface area contributed by atoms with Crippen LogP contribution in [0.15, 0.2) is 0 Å². The third-order valence-corrected chi connectivity index (χ3v) is 3.02. The molecule has 4 heteroatoms. The second-order valence-corrected chi connectivity index (χ2v) is 4.33. The molecule has 0 aromatic heterocycles. The molecule has 0 aromatic carbocycles. The summed E-state index contributed by atoms with van der Waals surface area (Å²) in [6, 6.07) is 0.448. The van der Waals surface area contributed by atoms with Gasteiger partial charge in [0, 0.05) is 32.8 Å². The lowest BCUT2D eigenvalue weighted by Crippen LogP contribution is -2.58. The van der Waals surface area contributed by atoms with Crippen LogP contribution in [-0.2, 0) is 9.53 Å². The molecule has 1 aliphatic heterocycles. The van der Waals surface area contributed by atoms with Crippen LogP contribution in [0.25, 0.3) is 0 Å². The molecule has 1 atom stereocenters. The molecule has 1 heterocycles. The maximum atomic E-state index is 12.0. The van der Waals surface area contributed by atoms with Crippen molar-refractivity contribution in [3.8, 4) is 0 Å². The van der Waals surface area contributed by atoms with Crippen molar-refractivity contribution in [1.82, 2.24) is 9.80 Å². The maximum absolute atomic E-state index is 12.0. The van der Waals surface area contributed by atoms with Gasteiger partial charge in [-0.15, -0.1) is 0 Å². The summed E-state index contributed by atoms with van der Waals surface area (Å²) in [6.07, 6.45) is 0. The van der Waals surface area contributed by atoms with Crippen LogP contribution >= 0.6 is 0 Å². The molecule has 88 valence electrons. The molecule has 0 spiro atoms. The summed E-state index contributed by atoms with van der Waals surface area (Å²) in [4.78, 5) is 16.1. The minimum atomic E-state index is 0.00982. The highest BCUT2D eigenvalue weighted by atomic mass is 16.5. The van der Waals surface area contributed by atoms with Gasteiger partial charge in [0.05, 0.1) is 12.6 Å². The molecule has 1 amide bonds. The first-order valence-corrected chi connectivity index (χ1v) is 5.61. The van der Waals surface area contributed by atoms with Crippen molar-refractivity contribution in [1.29, 1.82) is 0 Å². The standard InChI is InChI=1S/C11H22N2O2/c1-9(2)13-6-5-12(7-8-15-4)11(14)10(13)3/h9-10H,5-8H2,1-4H3. The Morgan fingerprint density at radius 2 is 2.13 bits per heavy atom. The van der Waals surface area contributed by atoms with Gasteiger partial charge in [-0.1, -0.05) is 0 Å². The van der Waals surface area contributed by atoms with Gasteiger partial charge in [-0.25, -0.2) is 0 Å². The predicted molar refractivity (Wildman–Crippen MR) is 59.8 cm³/mol. The van der Waals surface area contributed by atoms with Gasteiger partial charge >= 0.3 is 0 Å². The fourth-order valence-corrected chi connectivity index (χ4v) is 2.07. The molecule has 15 heavy (non-hydrogen) atoms. The summed E-state index contributed by atoms with van der Waals surface area (Å²) in [5.74, 6) is 0.229. The third-order valence-electron chi connectivity index (χ3n) is 3.02. The van der Waals surface area contributed by atoms with Gasteiger partial charge < -0.3 is 9.64 Å². The minimum Gasteiger partial charge on any atom is -0.383 e. The zero-order chi connectivity index (χ0) is 11.4. The summed E-state index contributed by atoms with van der Waals surface area (Å²) in [5, 5.41) is 0. The second kappa shape index (κ2) is 5.47. The molecule has 0 aromatic rings. The number of ether oxygens (including phenoxy) is 1. The van der Waals surface area contributed by atoms with Crippen LogP contribution in [-0.4, -0.2) is 61.1 Å². The van der Waals surface area contributed by atoms with Crippen LogP contribution in [0.1, 0.15) is 20.8 Å². The molecule has 1 unspecified atom stereocenters. The van der Waals surface area contributed by atoms with E-state index in [0.717, 1.165) is 13.1 Å². The van der Waals surface area contributed by atoms with Crippen molar-refractivity contribution >= 4 is 5.91 Å². The summed E-state index contributed by atoms with van der Waals surface area (Å²) in [7, 11) is 1.66. The van der Waals surface area contributed by atoms with Crippen molar-refractivity contribution in [3.05, 3.63) is 0 Å². The van der Waals surface area contributed by atoms with E-state index in [4.69, 9.17) is 4.74 Å². The predicted octanol–water partition coefficient (Wildman–Crippen LogP) is 0.574. The highest BCUT2D eigenvalue weighted by Gasteiger charge is 2.32. The van der Waals surface area contributed by atoms with E-state index in [1.54, 1.807) is 7.11 Å². The Labute approximate surface area is 92.2 Å². The average molecular weight is 214 g/mol. The lowest BCUT2D eigenvalue weighted by molar-refractivity contribution is -0.142. The van der Waals surface area contributed by atoms with Gasteiger partial charge in [-0.3, -0.25) is 9.69 Å². The van der Waals surface area contributed by atoms with Crippen LogP contribution in [0.3, 0.4) is 0 Å². The smallest absolute Gasteiger partial charge is 0.239 e. The molecule has 1 saturated heterocycles. The lowest BCUT2D eigenvalue weighted by Gasteiger charge is -2.41. The van der Waals surface area contributed by atoms with Crippen molar-refractivity contribution in [3.63, 3.8) is 0 Å². The fourth-order valence-electron chi connectivity index (χ4n) is 2.07. The number of hydrogen-bond donors (Lipinski definition) is 0. The molecule has 0 aliphatic carbocycles. The van der Waals surface area contributed by atoms with E-state index in [2.05, 4.69) is 18.7 Å². The zero-order valence-electron chi connectivity index (χ0n) is 10.2. The molecule has 0 bridgehead atoms. The Bertz CT molecular complexity index is 219. The Kier molecular flexibility index (Phi) is 4.54. The first kappa shape index (κ1) is 12.5. The van der Waals surface area contributed by atoms with E-state index in [9.17, 15) is 4.79 Å². The Morgan fingerprint density at radius 1 is 1.47 bits per heavy atom. The van der Waals surface area contributed by atoms with Gasteiger partial charge in [0.1, 0.15) is 0 Å². The normalized spacial score (nSPS) is 23.9. The highest BCUT2D eigenvalue weighted by molar-refractivity contribution is 5.82. The van der Waals surface area contributed by atoms with E-state index in [1.807, 2.05) is 11.8 Å². The van der Waals surface area contributed by atoms with E-state index >= 15 is 0 Å². The molecule has 4 nitrogen and oxygen atoms in total. The van der Waals surface area contributed by atoms with Crippen LogP contribution in [0.2, 0.25) is 0 Å². The fraction of sp³-hybridized carbons (Fsp3) is 0.909. The van der Waals surface area contributed by atoms with E-state index in [-0.39, 0.29) is 11.9 Å². The Morgan fingerprint density at radius 3 is 2.67 bits per heavy atom. The van der Waals surface area contributed by atoms with Crippen molar-refractivity contribution in [2.45, 2.75) is 32.9 Å². The number of nitrogens with zero attached hydrogens (tertiary/aromatic N) is 2. The van der Waals surface area contributed by atoms with Crippen LogP contribution < -0.4 is 0 Å². The van der Waals surface area contributed by atoms with Crippen LogP contribution in [0.5, 0.6) is 0 Å². The van der Waals surface area contributed by atoms with E-state index in [1.165, 1.54) is 0 Å². The van der Waals surface area contributed by atoms with E-state index in [0.29, 0.717) is 19.2 Å². The number of carbonyl (C=O) groups excluding carboxylic acids is 1. The topological polar surface area (TPSA) is 32.8 Å². The highest BCUT2D eigenvalue weighted by Crippen LogP contribution is 2.13. The van der Waals surface area contributed by atoms with Crippen molar-refractivity contribution < 1.29 is 9.53 Å². The molecular weight excluding hydrogens is 192 g/mol. The monoisotopic (exact) mass is 214 g/mol. The molecule has 1 rings (SSSR count). The first-order chi connectivity index (χ1) is 7.07. The molecule has 0 saturated carbocycles. The molecule has 1 aliphatic rings. The van der Waals surface area contributed by atoms with Gasteiger partial charge in [0.15, 0.2) is 0 Å². The van der Waals surface area contributed by atoms with Gasteiger partial charge in [-0.05, 0) is 20.8 Å². The summed E-state index contributed by atoms with van der Waals surface area (Å²) >= 11 is 0. The number of carbonyl (C=O) groups is 1. The van der Waals surface area contributed by atoms with Crippen LogP contribution in [0.4, 0.5) is 0 Å². The Balaban J connectivity index is 2.53.